The van der Waals surface area contributed by atoms with Gasteiger partial charge in [0.25, 0.3) is 0 Å². The van der Waals surface area contributed by atoms with Gasteiger partial charge in [0.2, 0.25) is 0 Å². The third-order valence-electron chi connectivity index (χ3n) is 3.47. The van der Waals surface area contributed by atoms with Crippen molar-refractivity contribution in [3.8, 4) is 6.07 Å². The van der Waals surface area contributed by atoms with Gasteiger partial charge in [-0.3, -0.25) is 0 Å². The number of anilines is 1. The lowest BCUT2D eigenvalue weighted by Gasteiger charge is -2.31. The summed E-state index contributed by atoms with van der Waals surface area (Å²) in [5, 5.41) is 18.4. The van der Waals surface area contributed by atoms with Gasteiger partial charge in [-0.2, -0.15) is 5.26 Å². The van der Waals surface area contributed by atoms with Gasteiger partial charge in [-0.05, 0) is 47.0 Å². The summed E-state index contributed by atoms with van der Waals surface area (Å²) in [5.41, 5.74) is 1.73. The lowest BCUT2D eigenvalue weighted by molar-refractivity contribution is 0.255. The van der Waals surface area contributed by atoms with Gasteiger partial charge in [-0.1, -0.05) is 12.8 Å². The van der Waals surface area contributed by atoms with Gasteiger partial charge in [0.05, 0.1) is 30.0 Å². The Bertz CT molecular complexity index is 456. The Balaban J connectivity index is 2.30. The molecular formula is C14H17BrN2O. The van der Waals surface area contributed by atoms with Crippen LogP contribution in [0.15, 0.2) is 22.7 Å². The van der Waals surface area contributed by atoms with Crippen molar-refractivity contribution in [3.63, 3.8) is 0 Å². The lowest BCUT2D eigenvalue weighted by Crippen LogP contribution is -2.37. The van der Waals surface area contributed by atoms with E-state index in [1.807, 2.05) is 18.2 Å². The Hall–Kier alpha value is -1.05. The van der Waals surface area contributed by atoms with Gasteiger partial charge < -0.3 is 10.0 Å². The highest BCUT2D eigenvalue weighted by molar-refractivity contribution is 9.10. The van der Waals surface area contributed by atoms with E-state index in [4.69, 9.17) is 5.26 Å². The predicted molar refractivity (Wildman–Crippen MR) is 75.5 cm³/mol. The van der Waals surface area contributed by atoms with Crippen LogP contribution in [0.2, 0.25) is 0 Å². The van der Waals surface area contributed by atoms with Crippen LogP contribution in [0, 0.1) is 11.3 Å². The molecule has 0 bridgehead atoms. The highest BCUT2D eigenvalue weighted by atomic mass is 79.9. The summed E-state index contributed by atoms with van der Waals surface area (Å²) in [7, 11) is 0. The molecule has 1 aliphatic rings. The van der Waals surface area contributed by atoms with Crippen LogP contribution >= 0.6 is 15.9 Å². The maximum absolute atomic E-state index is 9.53. The van der Waals surface area contributed by atoms with E-state index in [0.717, 1.165) is 29.5 Å². The third kappa shape index (κ3) is 2.85. The zero-order valence-electron chi connectivity index (χ0n) is 10.3. The smallest absolute Gasteiger partial charge is 0.0992 e. The number of rotatable bonds is 2. The second-order valence-corrected chi connectivity index (χ2v) is 5.51. The SMILES string of the molecule is N#Cc1ccc(N2CCCCCC2CO)c(Br)c1. The van der Waals surface area contributed by atoms with E-state index in [9.17, 15) is 5.11 Å². The summed E-state index contributed by atoms with van der Waals surface area (Å²) in [6, 6.07) is 7.97. The molecule has 1 aromatic carbocycles. The molecule has 0 spiro atoms. The van der Waals surface area contributed by atoms with E-state index in [-0.39, 0.29) is 12.6 Å². The maximum Gasteiger partial charge on any atom is 0.0992 e. The van der Waals surface area contributed by atoms with Gasteiger partial charge in [0.1, 0.15) is 0 Å². The number of aliphatic hydroxyl groups is 1. The van der Waals surface area contributed by atoms with Crippen molar-refractivity contribution in [1.82, 2.24) is 0 Å². The number of aliphatic hydroxyl groups excluding tert-OH is 1. The van der Waals surface area contributed by atoms with E-state index in [1.54, 1.807) is 0 Å². The molecule has 1 aliphatic heterocycles. The molecule has 2 rings (SSSR count). The average Bonchev–Trinajstić information content (AvgIpc) is 2.63. The fourth-order valence-corrected chi connectivity index (χ4v) is 3.10. The Kier molecular flexibility index (Phi) is 4.62. The summed E-state index contributed by atoms with van der Waals surface area (Å²) in [6.45, 7) is 1.15. The van der Waals surface area contributed by atoms with Crippen LogP contribution in [0.3, 0.4) is 0 Å². The number of hydrogen-bond donors (Lipinski definition) is 1. The third-order valence-corrected chi connectivity index (χ3v) is 4.11. The number of nitriles is 1. The zero-order chi connectivity index (χ0) is 13.0. The Labute approximate surface area is 116 Å². The van der Waals surface area contributed by atoms with Gasteiger partial charge in [0, 0.05) is 11.0 Å². The van der Waals surface area contributed by atoms with Crippen LogP contribution in [-0.4, -0.2) is 24.3 Å². The molecule has 0 aromatic heterocycles. The molecule has 0 aliphatic carbocycles. The zero-order valence-corrected chi connectivity index (χ0v) is 11.9. The molecule has 1 heterocycles. The van der Waals surface area contributed by atoms with E-state index in [0.29, 0.717) is 5.56 Å². The van der Waals surface area contributed by atoms with Crippen molar-refractivity contribution in [2.45, 2.75) is 31.7 Å². The molecule has 96 valence electrons. The maximum atomic E-state index is 9.53. The first-order valence-corrected chi connectivity index (χ1v) is 7.12. The summed E-state index contributed by atoms with van der Waals surface area (Å²) in [4.78, 5) is 2.26. The molecule has 1 unspecified atom stereocenters. The minimum absolute atomic E-state index is 0.187. The van der Waals surface area contributed by atoms with E-state index in [1.165, 1.54) is 12.8 Å². The standard InChI is InChI=1S/C14H17BrN2O/c15-13-8-11(9-16)5-6-14(13)17-7-3-1-2-4-12(17)10-18/h5-6,8,12,18H,1-4,7,10H2. The number of hydrogen-bond acceptors (Lipinski definition) is 3. The first kappa shape index (κ1) is 13.4. The van der Waals surface area contributed by atoms with Crippen molar-refractivity contribution < 1.29 is 5.11 Å². The lowest BCUT2D eigenvalue weighted by atomic mass is 10.1. The van der Waals surface area contributed by atoms with E-state index >= 15 is 0 Å². The van der Waals surface area contributed by atoms with Gasteiger partial charge in [-0.25, -0.2) is 0 Å². The quantitative estimate of drug-likeness (QED) is 0.913. The molecule has 4 heteroatoms. The molecule has 0 amide bonds. The second-order valence-electron chi connectivity index (χ2n) is 4.66. The van der Waals surface area contributed by atoms with Crippen molar-refractivity contribution in [2.24, 2.45) is 0 Å². The second kappa shape index (κ2) is 6.21. The summed E-state index contributed by atoms with van der Waals surface area (Å²) >= 11 is 3.53. The minimum atomic E-state index is 0.187. The Morgan fingerprint density at radius 2 is 2.22 bits per heavy atom. The average molecular weight is 309 g/mol. The topological polar surface area (TPSA) is 47.3 Å². The summed E-state index contributed by atoms with van der Waals surface area (Å²) in [6.07, 6.45) is 4.59. The monoisotopic (exact) mass is 308 g/mol. The molecule has 1 N–H and O–H groups in total. The number of benzene rings is 1. The van der Waals surface area contributed by atoms with Gasteiger partial charge in [-0.15, -0.1) is 0 Å². The molecule has 1 aromatic rings. The first-order chi connectivity index (χ1) is 8.76. The molecule has 1 saturated heterocycles. The predicted octanol–water partition coefficient (Wildman–Crippen LogP) is 3.06. The molecule has 0 radical (unpaired) electrons. The van der Waals surface area contributed by atoms with Gasteiger partial charge in [0.15, 0.2) is 0 Å². The van der Waals surface area contributed by atoms with Crippen molar-refractivity contribution in [2.75, 3.05) is 18.1 Å². The number of halogens is 1. The molecule has 1 fully saturated rings. The van der Waals surface area contributed by atoms with Crippen LogP contribution in [0.4, 0.5) is 5.69 Å². The van der Waals surface area contributed by atoms with Crippen LogP contribution in [0.5, 0.6) is 0 Å². The van der Waals surface area contributed by atoms with Crippen molar-refractivity contribution in [3.05, 3.63) is 28.2 Å². The molecule has 0 saturated carbocycles. The Morgan fingerprint density at radius 3 is 2.89 bits per heavy atom. The first-order valence-electron chi connectivity index (χ1n) is 6.33. The molecular weight excluding hydrogens is 292 g/mol. The molecule has 1 atom stereocenters. The van der Waals surface area contributed by atoms with Crippen LogP contribution < -0.4 is 4.90 Å². The highest BCUT2D eigenvalue weighted by Crippen LogP contribution is 2.31. The van der Waals surface area contributed by atoms with Crippen LogP contribution in [-0.2, 0) is 0 Å². The largest absolute Gasteiger partial charge is 0.394 e. The van der Waals surface area contributed by atoms with E-state index in [2.05, 4.69) is 26.9 Å². The summed E-state index contributed by atoms with van der Waals surface area (Å²) < 4.78 is 0.932. The minimum Gasteiger partial charge on any atom is -0.394 e. The number of nitrogens with zero attached hydrogens (tertiary/aromatic N) is 2. The fraction of sp³-hybridized carbons (Fsp3) is 0.500. The normalized spacial score (nSPS) is 20.3. The van der Waals surface area contributed by atoms with Crippen molar-refractivity contribution in [1.29, 1.82) is 5.26 Å². The Morgan fingerprint density at radius 1 is 1.39 bits per heavy atom. The van der Waals surface area contributed by atoms with Crippen LogP contribution in [0.25, 0.3) is 0 Å². The molecule has 3 nitrogen and oxygen atoms in total. The van der Waals surface area contributed by atoms with Crippen molar-refractivity contribution >= 4 is 21.6 Å². The van der Waals surface area contributed by atoms with Gasteiger partial charge >= 0.3 is 0 Å². The summed E-state index contributed by atoms with van der Waals surface area (Å²) in [5.74, 6) is 0. The highest BCUT2D eigenvalue weighted by Gasteiger charge is 2.22. The van der Waals surface area contributed by atoms with E-state index < -0.39 is 0 Å². The molecule has 18 heavy (non-hydrogen) atoms. The van der Waals surface area contributed by atoms with Crippen LogP contribution in [0.1, 0.15) is 31.2 Å². The fourth-order valence-electron chi connectivity index (χ4n) is 2.49.